The largest absolute Gasteiger partial charge is 0.472 e. The van der Waals surface area contributed by atoms with Gasteiger partial charge >= 0.3 is 0 Å². The lowest BCUT2D eigenvalue weighted by Gasteiger charge is -2.37. The number of hydrogen-bond donors (Lipinski definition) is 1. The summed E-state index contributed by atoms with van der Waals surface area (Å²) in [5.74, 6) is 5.67. The number of aromatic nitrogens is 2. The van der Waals surface area contributed by atoms with Gasteiger partial charge in [-0.1, -0.05) is 43.0 Å². The van der Waals surface area contributed by atoms with E-state index in [0.29, 0.717) is 17.8 Å². The van der Waals surface area contributed by atoms with Gasteiger partial charge in [0.2, 0.25) is 5.88 Å². The quantitative estimate of drug-likeness (QED) is 0.544. The second kappa shape index (κ2) is 11.7. The number of benzene rings is 1. The number of rotatable bonds is 5. The molecule has 1 aliphatic heterocycles. The molecule has 2 aromatic heterocycles. The Bertz CT molecular complexity index is 1300. The van der Waals surface area contributed by atoms with Crippen LogP contribution in [0.5, 0.6) is 5.88 Å². The zero-order valence-electron chi connectivity index (χ0n) is 21.2. The molecule has 3 atom stereocenters. The smallest absolute Gasteiger partial charge is 0.272 e. The normalized spacial score (nSPS) is 17.8. The van der Waals surface area contributed by atoms with Gasteiger partial charge < -0.3 is 19.6 Å². The van der Waals surface area contributed by atoms with Gasteiger partial charge in [-0.05, 0) is 37.3 Å². The number of nitrogens with zero attached hydrogens (tertiary/aromatic N) is 4. The first-order valence-electron chi connectivity index (χ1n) is 12.2. The van der Waals surface area contributed by atoms with E-state index in [9.17, 15) is 14.7 Å². The predicted octanol–water partition coefficient (Wildman–Crippen LogP) is 2.87. The van der Waals surface area contributed by atoms with Gasteiger partial charge in [-0.25, -0.2) is 4.98 Å². The number of aliphatic hydroxyl groups excluding tert-OH is 1. The number of likely N-dealkylation sites (N-methyl/N-ethyl adjacent to an activating group) is 1. The molecule has 1 N–H and O–H groups in total. The summed E-state index contributed by atoms with van der Waals surface area (Å²) in [6, 6.07) is 16.0. The fourth-order valence-electron chi connectivity index (χ4n) is 4.09. The molecule has 0 saturated heterocycles. The van der Waals surface area contributed by atoms with Crippen LogP contribution in [0.25, 0.3) is 0 Å². The van der Waals surface area contributed by atoms with Crippen molar-refractivity contribution in [2.24, 2.45) is 5.92 Å². The summed E-state index contributed by atoms with van der Waals surface area (Å²) in [5.41, 5.74) is 2.04. The first-order valence-corrected chi connectivity index (χ1v) is 12.2. The van der Waals surface area contributed by atoms with Crippen LogP contribution >= 0.6 is 0 Å². The van der Waals surface area contributed by atoms with Crippen molar-refractivity contribution in [3.8, 4) is 17.7 Å². The summed E-state index contributed by atoms with van der Waals surface area (Å²) in [4.78, 5) is 38.3. The zero-order valence-corrected chi connectivity index (χ0v) is 21.2. The van der Waals surface area contributed by atoms with Crippen LogP contribution in [0.4, 0.5) is 0 Å². The SMILES string of the molecule is C[C@@H]1CN([C@H](C)CO)C(=O)c2cc(C#Cc3ccccc3)cnc2O[C@@H]1CN(C)C(=O)c1ccccn1. The van der Waals surface area contributed by atoms with E-state index in [1.165, 1.54) is 0 Å². The van der Waals surface area contributed by atoms with Gasteiger partial charge in [0.1, 0.15) is 17.4 Å². The zero-order chi connectivity index (χ0) is 26.4. The van der Waals surface area contributed by atoms with E-state index in [1.807, 2.05) is 37.3 Å². The molecule has 3 aromatic rings. The Balaban J connectivity index is 1.65. The van der Waals surface area contributed by atoms with Gasteiger partial charge in [0.05, 0.1) is 19.2 Å². The van der Waals surface area contributed by atoms with Gasteiger partial charge in [0.15, 0.2) is 0 Å². The van der Waals surface area contributed by atoms with Crippen LogP contribution in [0, 0.1) is 17.8 Å². The maximum atomic E-state index is 13.6. The number of carbonyl (C=O) groups excluding carboxylic acids is 2. The minimum Gasteiger partial charge on any atom is -0.472 e. The van der Waals surface area contributed by atoms with Crippen molar-refractivity contribution in [2.45, 2.75) is 26.0 Å². The molecule has 4 rings (SSSR count). The van der Waals surface area contributed by atoms with Crippen LogP contribution in [0.2, 0.25) is 0 Å². The Hall–Kier alpha value is -4.22. The lowest BCUT2D eigenvalue weighted by Crippen LogP contribution is -2.50. The van der Waals surface area contributed by atoms with Crippen molar-refractivity contribution >= 4 is 11.8 Å². The monoisotopic (exact) mass is 498 g/mol. The third kappa shape index (κ3) is 6.13. The van der Waals surface area contributed by atoms with Gasteiger partial charge in [-0.2, -0.15) is 0 Å². The second-order valence-corrected chi connectivity index (χ2v) is 9.22. The molecule has 0 aliphatic carbocycles. The van der Waals surface area contributed by atoms with Crippen molar-refractivity contribution < 1.29 is 19.4 Å². The van der Waals surface area contributed by atoms with E-state index in [1.54, 1.807) is 60.4 Å². The van der Waals surface area contributed by atoms with Crippen LogP contribution in [0.15, 0.2) is 67.0 Å². The standard InChI is InChI=1S/C29H30N4O4/c1-20-17-33(21(2)19-34)28(35)24-15-23(13-12-22-9-5-4-6-10-22)16-31-27(24)37-26(20)18-32(3)29(36)25-11-7-8-14-30-25/h4-11,14-16,20-21,26,34H,17-19H2,1-3H3/t20-,21-,26-/m1/s1. The van der Waals surface area contributed by atoms with Crippen molar-refractivity contribution in [3.05, 3.63) is 89.4 Å². The number of hydrogen-bond acceptors (Lipinski definition) is 6. The minimum absolute atomic E-state index is 0.149. The summed E-state index contributed by atoms with van der Waals surface area (Å²) < 4.78 is 6.27. The van der Waals surface area contributed by atoms with Crippen molar-refractivity contribution in [1.29, 1.82) is 0 Å². The van der Waals surface area contributed by atoms with Crippen LogP contribution in [0.1, 0.15) is 45.8 Å². The van der Waals surface area contributed by atoms with Gasteiger partial charge in [-0.3, -0.25) is 14.6 Å². The molecule has 0 fully saturated rings. The van der Waals surface area contributed by atoms with Crippen LogP contribution in [0.3, 0.4) is 0 Å². The molecule has 0 spiro atoms. The average molecular weight is 499 g/mol. The topological polar surface area (TPSA) is 95.9 Å². The molecule has 8 nitrogen and oxygen atoms in total. The van der Waals surface area contributed by atoms with E-state index in [-0.39, 0.29) is 42.3 Å². The summed E-state index contributed by atoms with van der Waals surface area (Å²) in [6.07, 6.45) is 2.70. The molecular formula is C29H30N4O4. The van der Waals surface area contributed by atoms with Gasteiger partial charge in [0.25, 0.3) is 11.8 Å². The number of ether oxygens (including phenoxy) is 1. The Morgan fingerprint density at radius 3 is 2.59 bits per heavy atom. The van der Waals surface area contributed by atoms with E-state index < -0.39 is 12.1 Å². The minimum atomic E-state index is -0.452. The number of aliphatic hydroxyl groups is 1. The molecule has 0 bridgehead atoms. The highest BCUT2D eigenvalue weighted by Crippen LogP contribution is 2.27. The molecule has 37 heavy (non-hydrogen) atoms. The van der Waals surface area contributed by atoms with Crippen molar-refractivity contribution in [2.75, 3.05) is 26.7 Å². The Morgan fingerprint density at radius 1 is 1.16 bits per heavy atom. The molecule has 190 valence electrons. The molecule has 1 aromatic carbocycles. The van der Waals surface area contributed by atoms with E-state index in [2.05, 4.69) is 21.8 Å². The maximum absolute atomic E-state index is 13.6. The summed E-state index contributed by atoms with van der Waals surface area (Å²) in [7, 11) is 1.70. The number of fused-ring (bicyclic) bond motifs is 1. The lowest BCUT2D eigenvalue weighted by molar-refractivity contribution is 0.0312. The molecular weight excluding hydrogens is 468 g/mol. The highest BCUT2D eigenvalue weighted by molar-refractivity contribution is 5.97. The molecule has 1 aliphatic rings. The van der Waals surface area contributed by atoms with E-state index >= 15 is 0 Å². The first-order chi connectivity index (χ1) is 17.9. The Kier molecular flexibility index (Phi) is 8.16. The maximum Gasteiger partial charge on any atom is 0.272 e. The van der Waals surface area contributed by atoms with Crippen molar-refractivity contribution in [3.63, 3.8) is 0 Å². The van der Waals surface area contributed by atoms with Gasteiger partial charge in [0, 0.05) is 43.0 Å². The Morgan fingerprint density at radius 2 is 1.89 bits per heavy atom. The predicted molar refractivity (Wildman–Crippen MR) is 139 cm³/mol. The third-order valence-electron chi connectivity index (χ3n) is 6.33. The van der Waals surface area contributed by atoms with E-state index in [4.69, 9.17) is 4.74 Å². The average Bonchev–Trinajstić information content (AvgIpc) is 2.94. The lowest BCUT2D eigenvalue weighted by atomic mass is 9.99. The van der Waals surface area contributed by atoms with Crippen LogP contribution in [-0.2, 0) is 0 Å². The first kappa shape index (κ1) is 25.9. The molecule has 0 unspecified atom stereocenters. The highest BCUT2D eigenvalue weighted by atomic mass is 16.5. The third-order valence-corrected chi connectivity index (χ3v) is 6.33. The fourth-order valence-corrected chi connectivity index (χ4v) is 4.09. The number of carbonyl (C=O) groups is 2. The second-order valence-electron chi connectivity index (χ2n) is 9.22. The molecule has 8 heteroatoms. The molecule has 3 heterocycles. The highest BCUT2D eigenvalue weighted by Gasteiger charge is 2.34. The van der Waals surface area contributed by atoms with E-state index in [0.717, 1.165) is 5.56 Å². The van der Waals surface area contributed by atoms with Crippen LogP contribution < -0.4 is 4.74 Å². The fraction of sp³-hybridized carbons (Fsp3) is 0.310. The summed E-state index contributed by atoms with van der Waals surface area (Å²) in [5, 5.41) is 9.85. The Labute approximate surface area is 216 Å². The number of pyridine rings is 2. The molecule has 0 saturated carbocycles. The number of amides is 2. The summed E-state index contributed by atoms with van der Waals surface area (Å²) in [6.45, 7) is 4.18. The van der Waals surface area contributed by atoms with Gasteiger partial charge in [-0.15, -0.1) is 0 Å². The molecule has 2 amide bonds. The molecule has 0 radical (unpaired) electrons. The van der Waals surface area contributed by atoms with Crippen LogP contribution in [-0.4, -0.2) is 75.6 Å². The summed E-state index contributed by atoms with van der Waals surface area (Å²) >= 11 is 0. The van der Waals surface area contributed by atoms with Crippen molar-refractivity contribution in [1.82, 2.24) is 19.8 Å².